The number of methoxy groups -OCH3 is 1. The third-order valence-corrected chi connectivity index (χ3v) is 5.48. The number of thioether (sulfide) groups is 1. The van der Waals surface area contributed by atoms with Crippen molar-refractivity contribution in [2.24, 2.45) is 0 Å². The molecular formula is C22H25N3O3S. The van der Waals surface area contributed by atoms with Crippen LogP contribution in [-0.2, 0) is 16.0 Å². The summed E-state index contributed by atoms with van der Waals surface area (Å²) in [6.07, 6.45) is 1.55. The Kier molecular flexibility index (Phi) is 7.43. The summed E-state index contributed by atoms with van der Waals surface area (Å²) in [5.41, 5.74) is 2.36. The van der Waals surface area contributed by atoms with Gasteiger partial charge in [0.1, 0.15) is 0 Å². The maximum absolute atomic E-state index is 13.3. The summed E-state index contributed by atoms with van der Waals surface area (Å²) in [4.78, 5) is 30.2. The Hall–Kier alpha value is -2.64. The first-order valence-electron chi connectivity index (χ1n) is 9.64. The third-order valence-electron chi connectivity index (χ3n) is 4.54. The topological polar surface area (TPSA) is 73.2 Å². The van der Waals surface area contributed by atoms with Crippen LogP contribution in [0.15, 0.2) is 58.5 Å². The molecule has 2 aromatic carbocycles. The molecule has 0 fully saturated rings. The van der Waals surface area contributed by atoms with Crippen LogP contribution in [0.1, 0.15) is 18.9 Å². The van der Waals surface area contributed by atoms with E-state index in [-0.39, 0.29) is 17.2 Å². The van der Waals surface area contributed by atoms with Crippen molar-refractivity contribution in [1.82, 2.24) is 14.9 Å². The number of carbonyl (C=O) groups excluding carboxylic acids is 1. The van der Waals surface area contributed by atoms with Crippen molar-refractivity contribution >= 4 is 28.6 Å². The van der Waals surface area contributed by atoms with Gasteiger partial charge in [-0.25, -0.2) is 4.98 Å². The minimum Gasteiger partial charge on any atom is -0.385 e. The fourth-order valence-corrected chi connectivity index (χ4v) is 3.91. The standard InChI is InChI=1S/C22H25N3O3S/c1-3-16-9-4-7-12-19(16)25-21(27)17-10-5-6-11-18(17)24-22(25)29-15-20(26)23-13-8-14-28-2/h4-7,9-12H,3,8,13-15H2,1-2H3,(H,23,26). The first kappa shape index (κ1) is 21.1. The third kappa shape index (κ3) is 5.05. The number of rotatable bonds is 9. The van der Waals surface area contributed by atoms with Gasteiger partial charge in [0.25, 0.3) is 5.56 Å². The predicted octanol–water partition coefficient (Wildman–Crippen LogP) is 3.19. The number of nitrogens with one attached hydrogen (secondary N) is 1. The minimum absolute atomic E-state index is 0.0937. The van der Waals surface area contributed by atoms with Crippen LogP contribution in [0.25, 0.3) is 16.6 Å². The molecule has 0 aliphatic carbocycles. The summed E-state index contributed by atoms with van der Waals surface area (Å²) in [5, 5.41) is 3.94. The van der Waals surface area contributed by atoms with Crippen LogP contribution in [0, 0.1) is 0 Å². The minimum atomic E-state index is -0.125. The molecule has 0 saturated heterocycles. The molecule has 0 aliphatic rings. The molecule has 6 nitrogen and oxygen atoms in total. The summed E-state index contributed by atoms with van der Waals surface area (Å²) in [7, 11) is 1.64. The summed E-state index contributed by atoms with van der Waals surface area (Å²) in [5.74, 6) is 0.0929. The number of ether oxygens (including phenoxy) is 1. The fraction of sp³-hybridized carbons (Fsp3) is 0.318. The first-order chi connectivity index (χ1) is 14.2. The predicted molar refractivity (Wildman–Crippen MR) is 117 cm³/mol. The van der Waals surface area contributed by atoms with Crippen LogP contribution in [0.5, 0.6) is 0 Å². The van der Waals surface area contributed by atoms with Gasteiger partial charge in [-0.15, -0.1) is 0 Å². The maximum Gasteiger partial charge on any atom is 0.266 e. The zero-order chi connectivity index (χ0) is 20.6. The zero-order valence-corrected chi connectivity index (χ0v) is 17.5. The van der Waals surface area contributed by atoms with E-state index >= 15 is 0 Å². The van der Waals surface area contributed by atoms with Crippen molar-refractivity contribution in [1.29, 1.82) is 0 Å². The van der Waals surface area contributed by atoms with E-state index in [1.165, 1.54) is 11.8 Å². The molecule has 0 spiro atoms. The van der Waals surface area contributed by atoms with Gasteiger partial charge >= 0.3 is 0 Å². The zero-order valence-electron chi connectivity index (χ0n) is 16.7. The van der Waals surface area contributed by atoms with Gasteiger partial charge in [0.05, 0.1) is 22.3 Å². The highest BCUT2D eigenvalue weighted by molar-refractivity contribution is 7.99. The van der Waals surface area contributed by atoms with Crippen LogP contribution in [0.4, 0.5) is 0 Å². The molecule has 0 atom stereocenters. The Morgan fingerprint density at radius 1 is 1.17 bits per heavy atom. The molecule has 3 rings (SSSR count). The van der Waals surface area contributed by atoms with E-state index in [1.807, 2.05) is 42.5 Å². The van der Waals surface area contributed by atoms with Crippen molar-refractivity contribution in [3.8, 4) is 5.69 Å². The van der Waals surface area contributed by atoms with Crippen molar-refractivity contribution in [3.63, 3.8) is 0 Å². The van der Waals surface area contributed by atoms with E-state index in [2.05, 4.69) is 12.2 Å². The lowest BCUT2D eigenvalue weighted by molar-refractivity contribution is -0.118. The molecular weight excluding hydrogens is 386 g/mol. The quantitative estimate of drug-likeness (QED) is 0.333. The van der Waals surface area contributed by atoms with Crippen LogP contribution >= 0.6 is 11.8 Å². The number of para-hydroxylation sites is 2. The molecule has 0 bridgehead atoms. The number of benzene rings is 2. The lowest BCUT2D eigenvalue weighted by Crippen LogP contribution is -2.28. The lowest BCUT2D eigenvalue weighted by atomic mass is 10.1. The fourth-order valence-electron chi connectivity index (χ4n) is 3.07. The molecule has 152 valence electrons. The average molecular weight is 412 g/mol. The van der Waals surface area contributed by atoms with Crippen molar-refractivity contribution in [2.75, 3.05) is 26.0 Å². The van der Waals surface area contributed by atoms with E-state index in [4.69, 9.17) is 9.72 Å². The second-order valence-corrected chi connectivity index (χ2v) is 7.46. The van der Waals surface area contributed by atoms with Crippen LogP contribution in [-0.4, -0.2) is 41.5 Å². The van der Waals surface area contributed by atoms with Crippen LogP contribution in [0.3, 0.4) is 0 Å². The Morgan fingerprint density at radius 2 is 1.93 bits per heavy atom. The highest BCUT2D eigenvalue weighted by atomic mass is 32.2. The summed E-state index contributed by atoms with van der Waals surface area (Å²) in [6.45, 7) is 3.22. The number of aryl methyl sites for hydroxylation is 1. The molecule has 1 amide bonds. The second kappa shape index (κ2) is 10.2. The summed E-state index contributed by atoms with van der Waals surface area (Å²) >= 11 is 1.27. The molecule has 0 saturated carbocycles. The van der Waals surface area contributed by atoms with Gasteiger partial charge in [-0.3, -0.25) is 14.2 Å². The highest BCUT2D eigenvalue weighted by Gasteiger charge is 2.16. The van der Waals surface area contributed by atoms with E-state index in [9.17, 15) is 9.59 Å². The van der Waals surface area contributed by atoms with E-state index < -0.39 is 0 Å². The van der Waals surface area contributed by atoms with Gasteiger partial charge in [-0.05, 0) is 36.6 Å². The molecule has 7 heteroatoms. The van der Waals surface area contributed by atoms with Crippen molar-refractivity contribution < 1.29 is 9.53 Å². The number of hydrogen-bond acceptors (Lipinski definition) is 5. The number of carbonyl (C=O) groups is 1. The molecule has 0 unspecified atom stereocenters. The normalized spacial score (nSPS) is 11.0. The number of hydrogen-bond donors (Lipinski definition) is 1. The molecule has 29 heavy (non-hydrogen) atoms. The monoisotopic (exact) mass is 411 g/mol. The number of nitrogens with zero attached hydrogens (tertiary/aromatic N) is 2. The Morgan fingerprint density at radius 3 is 2.72 bits per heavy atom. The molecule has 0 radical (unpaired) electrons. The highest BCUT2D eigenvalue weighted by Crippen LogP contribution is 2.23. The lowest BCUT2D eigenvalue weighted by Gasteiger charge is -2.16. The first-order valence-corrected chi connectivity index (χ1v) is 10.6. The van der Waals surface area contributed by atoms with Gasteiger partial charge in [0.2, 0.25) is 5.91 Å². The van der Waals surface area contributed by atoms with Gasteiger partial charge in [0.15, 0.2) is 5.16 Å². The molecule has 1 aromatic heterocycles. The van der Waals surface area contributed by atoms with Crippen LogP contribution in [0.2, 0.25) is 0 Å². The Labute approximate surface area is 174 Å². The second-order valence-electron chi connectivity index (χ2n) is 6.52. The molecule has 0 aliphatic heterocycles. The average Bonchev–Trinajstić information content (AvgIpc) is 2.75. The maximum atomic E-state index is 13.3. The van der Waals surface area contributed by atoms with Crippen molar-refractivity contribution in [2.45, 2.75) is 24.9 Å². The number of amides is 1. The van der Waals surface area contributed by atoms with Gasteiger partial charge in [-0.2, -0.15) is 0 Å². The number of fused-ring (bicyclic) bond motifs is 1. The Balaban J connectivity index is 1.95. The number of aromatic nitrogens is 2. The van der Waals surface area contributed by atoms with E-state index in [0.717, 1.165) is 24.1 Å². The van der Waals surface area contributed by atoms with Crippen LogP contribution < -0.4 is 10.9 Å². The van der Waals surface area contributed by atoms with Gasteiger partial charge < -0.3 is 10.1 Å². The smallest absolute Gasteiger partial charge is 0.266 e. The summed E-state index contributed by atoms with van der Waals surface area (Å²) < 4.78 is 6.62. The van der Waals surface area contributed by atoms with Gasteiger partial charge in [0, 0.05) is 20.3 Å². The van der Waals surface area contributed by atoms with Gasteiger partial charge in [-0.1, -0.05) is 49.0 Å². The molecule has 3 aromatic rings. The summed E-state index contributed by atoms with van der Waals surface area (Å²) in [6, 6.07) is 15.1. The molecule has 1 heterocycles. The Bertz CT molecular complexity index is 1050. The largest absolute Gasteiger partial charge is 0.385 e. The van der Waals surface area contributed by atoms with Crippen molar-refractivity contribution in [3.05, 3.63) is 64.4 Å². The SMILES string of the molecule is CCc1ccccc1-n1c(SCC(=O)NCCCOC)nc2ccccc2c1=O. The molecule has 1 N–H and O–H groups in total. The van der Waals surface area contributed by atoms with E-state index in [0.29, 0.717) is 29.2 Å². The van der Waals surface area contributed by atoms with E-state index in [1.54, 1.807) is 17.7 Å².